The molecule has 0 bridgehead atoms. The maximum absolute atomic E-state index is 13.4. The lowest BCUT2D eigenvalue weighted by molar-refractivity contribution is -0.255. The van der Waals surface area contributed by atoms with Gasteiger partial charge in [-0.1, -0.05) is 17.3 Å². The molecule has 0 radical (unpaired) electrons. The lowest BCUT2D eigenvalue weighted by atomic mass is 10.1. The molecule has 0 saturated carbocycles. The van der Waals surface area contributed by atoms with Gasteiger partial charge in [-0.2, -0.15) is 13.2 Å². The second kappa shape index (κ2) is 7.06. The number of carboxylic acid groups (broad SMARTS) is 1. The van der Waals surface area contributed by atoms with Crippen molar-refractivity contribution in [1.29, 1.82) is 0 Å². The van der Waals surface area contributed by atoms with Crippen LogP contribution in [0.3, 0.4) is 0 Å². The molecule has 0 aliphatic rings. The minimum absolute atomic E-state index is 0.00855. The number of carbonyl (C=O) groups is 1. The van der Waals surface area contributed by atoms with Crippen molar-refractivity contribution >= 4 is 5.97 Å². The molecule has 0 spiro atoms. The van der Waals surface area contributed by atoms with Crippen LogP contribution < -0.4 is 9.84 Å². The minimum Gasteiger partial charge on any atom is -0.543 e. The highest BCUT2D eigenvalue weighted by molar-refractivity contribution is 5.85. The first-order valence-electron chi connectivity index (χ1n) is 7.61. The molecule has 7 nitrogen and oxygen atoms in total. The summed E-state index contributed by atoms with van der Waals surface area (Å²) in [5.41, 5.74) is -1.44. The Morgan fingerprint density at radius 1 is 1.22 bits per heavy atom. The quantitative estimate of drug-likeness (QED) is 0.673. The number of pyridine rings is 1. The second-order valence-electron chi connectivity index (χ2n) is 5.51. The van der Waals surface area contributed by atoms with Crippen molar-refractivity contribution < 1.29 is 27.8 Å². The number of benzene rings is 1. The fourth-order valence-electron chi connectivity index (χ4n) is 2.49. The zero-order valence-corrected chi connectivity index (χ0v) is 13.9. The Bertz CT molecular complexity index is 968. The summed E-state index contributed by atoms with van der Waals surface area (Å²) in [5.74, 6) is -0.999. The number of carboxylic acids is 1. The number of hydrogen-bond donors (Lipinski definition) is 0. The van der Waals surface area contributed by atoms with E-state index in [1.807, 2.05) is 0 Å². The summed E-state index contributed by atoms with van der Waals surface area (Å²) >= 11 is 0. The zero-order chi connectivity index (χ0) is 19.6. The van der Waals surface area contributed by atoms with Crippen LogP contribution >= 0.6 is 0 Å². The molecule has 10 heteroatoms. The zero-order valence-electron chi connectivity index (χ0n) is 13.9. The summed E-state index contributed by atoms with van der Waals surface area (Å²) < 4.78 is 46.2. The van der Waals surface area contributed by atoms with Crippen LogP contribution in [0.2, 0.25) is 0 Å². The van der Waals surface area contributed by atoms with Crippen molar-refractivity contribution in [3.8, 4) is 17.0 Å². The molecule has 1 aromatic carbocycles. The Labute approximate surface area is 151 Å². The van der Waals surface area contributed by atoms with Crippen molar-refractivity contribution in [2.24, 2.45) is 0 Å². The van der Waals surface area contributed by atoms with Crippen molar-refractivity contribution in [2.45, 2.75) is 12.7 Å². The summed E-state index contributed by atoms with van der Waals surface area (Å²) in [7, 11) is 1.50. The number of methoxy groups -OCH3 is 1. The SMILES string of the molecule is COc1ccc(Cn2nnc(C(F)(F)F)c2-c2ccnc(C(=O)[O-])c2)cc1. The number of nitrogens with zero attached hydrogens (tertiary/aromatic N) is 4. The van der Waals surface area contributed by atoms with E-state index in [1.54, 1.807) is 24.3 Å². The molecule has 0 atom stereocenters. The average molecular weight is 377 g/mol. The number of halogens is 3. The van der Waals surface area contributed by atoms with Crippen molar-refractivity contribution in [3.63, 3.8) is 0 Å². The summed E-state index contributed by atoms with van der Waals surface area (Å²) in [6, 6.07) is 8.93. The first-order valence-corrected chi connectivity index (χ1v) is 7.61. The lowest BCUT2D eigenvalue weighted by Gasteiger charge is -2.11. The van der Waals surface area contributed by atoms with Crippen LogP contribution in [0.15, 0.2) is 42.6 Å². The molecular formula is C17H12F3N4O3-. The maximum atomic E-state index is 13.4. The molecule has 0 aliphatic heterocycles. The molecule has 0 unspecified atom stereocenters. The molecular weight excluding hydrogens is 365 g/mol. The van der Waals surface area contributed by atoms with Crippen molar-refractivity contribution in [3.05, 3.63) is 59.5 Å². The molecule has 27 heavy (non-hydrogen) atoms. The van der Waals surface area contributed by atoms with Crippen LogP contribution in [-0.2, 0) is 12.7 Å². The molecule has 0 fully saturated rings. The fourth-order valence-corrected chi connectivity index (χ4v) is 2.49. The van der Waals surface area contributed by atoms with Crippen LogP contribution in [0.5, 0.6) is 5.75 Å². The summed E-state index contributed by atoms with van der Waals surface area (Å²) in [5, 5.41) is 17.8. The highest BCUT2D eigenvalue weighted by Gasteiger charge is 2.39. The molecule has 3 rings (SSSR count). The van der Waals surface area contributed by atoms with E-state index < -0.39 is 23.5 Å². The predicted octanol–water partition coefficient (Wildman–Crippen LogP) is 1.78. The van der Waals surface area contributed by atoms with Crippen LogP contribution in [0.25, 0.3) is 11.3 Å². The van der Waals surface area contributed by atoms with Crippen LogP contribution in [0, 0.1) is 0 Å². The Balaban J connectivity index is 2.08. The van der Waals surface area contributed by atoms with Gasteiger partial charge in [0, 0.05) is 11.8 Å². The van der Waals surface area contributed by atoms with Gasteiger partial charge in [0.05, 0.1) is 25.3 Å². The van der Waals surface area contributed by atoms with Gasteiger partial charge in [-0.05, 0) is 29.8 Å². The van der Waals surface area contributed by atoms with Crippen molar-refractivity contribution in [2.75, 3.05) is 7.11 Å². The van der Waals surface area contributed by atoms with Gasteiger partial charge in [0.2, 0.25) is 0 Å². The number of hydrogen-bond acceptors (Lipinski definition) is 6. The molecule has 140 valence electrons. The second-order valence-corrected chi connectivity index (χ2v) is 5.51. The van der Waals surface area contributed by atoms with Gasteiger partial charge in [0.15, 0.2) is 5.69 Å². The van der Waals surface area contributed by atoms with E-state index in [4.69, 9.17) is 4.74 Å². The lowest BCUT2D eigenvalue weighted by Crippen LogP contribution is -2.23. The highest BCUT2D eigenvalue weighted by atomic mass is 19.4. The van der Waals surface area contributed by atoms with E-state index >= 15 is 0 Å². The summed E-state index contributed by atoms with van der Waals surface area (Å²) in [4.78, 5) is 14.6. The molecule has 0 N–H and O–H groups in total. The third-order valence-electron chi connectivity index (χ3n) is 3.74. The smallest absolute Gasteiger partial charge is 0.437 e. The topological polar surface area (TPSA) is 93.0 Å². The number of carbonyl (C=O) groups excluding carboxylic acids is 1. The predicted molar refractivity (Wildman–Crippen MR) is 84.7 cm³/mol. The van der Waals surface area contributed by atoms with Crippen molar-refractivity contribution in [1.82, 2.24) is 20.0 Å². The minimum atomic E-state index is -4.77. The Kier molecular flexibility index (Phi) is 4.80. The van der Waals surface area contributed by atoms with Crippen LogP contribution in [0.1, 0.15) is 21.7 Å². The maximum Gasteiger partial charge on any atom is 0.437 e. The Morgan fingerprint density at radius 2 is 1.93 bits per heavy atom. The standard InChI is InChI=1S/C17H13F3N4O3/c1-27-12-4-2-10(3-5-12)9-24-14(15(22-23-24)17(18,19)20)11-6-7-21-13(8-11)16(25)26/h2-8H,9H2,1H3,(H,25,26)/p-1. The molecule has 0 aliphatic carbocycles. The first kappa shape index (κ1) is 18.4. The summed E-state index contributed by atoms with van der Waals surface area (Å²) in [6.07, 6.45) is -3.68. The first-order chi connectivity index (χ1) is 12.8. The summed E-state index contributed by atoms with van der Waals surface area (Å²) in [6.45, 7) is -0.00855. The van der Waals surface area contributed by atoms with E-state index in [0.717, 1.165) is 16.9 Å². The van der Waals surface area contributed by atoms with E-state index in [2.05, 4.69) is 15.3 Å². The van der Waals surface area contributed by atoms with Gasteiger partial charge >= 0.3 is 6.18 Å². The highest BCUT2D eigenvalue weighted by Crippen LogP contribution is 2.35. The van der Waals surface area contributed by atoms with Gasteiger partial charge in [0.25, 0.3) is 0 Å². The molecule has 2 heterocycles. The number of rotatable bonds is 5. The van der Waals surface area contributed by atoms with Crippen LogP contribution in [0.4, 0.5) is 13.2 Å². The Morgan fingerprint density at radius 3 is 2.52 bits per heavy atom. The average Bonchev–Trinajstić information content (AvgIpc) is 3.06. The van der Waals surface area contributed by atoms with Crippen LogP contribution in [-0.4, -0.2) is 33.1 Å². The van der Waals surface area contributed by atoms with Gasteiger partial charge < -0.3 is 14.6 Å². The molecule has 0 saturated heterocycles. The largest absolute Gasteiger partial charge is 0.543 e. The van der Waals surface area contributed by atoms with E-state index in [0.29, 0.717) is 11.3 Å². The third-order valence-corrected chi connectivity index (χ3v) is 3.74. The normalized spacial score (nSPS) is 11.4. The van der Waals surface area contributed by atoms with Gasteiger partial charge in [-0.3, -0.25) is 4.98 Å². The fraction of sp³-hybridized carbons (Fsp3) is 0.176. The van der Waals surface area contributed by atoms with E-state index in [-0.39, 0.29) is 17.8 Å². The third kappa shape index (κ3) is 3.89. The number of aromatic carboxylic acids is 1. The van der Waals surface area contributed by atoms with E-state index in [1.165, 1.54) is 13.2 Å². The number of alkyl halides is 3. The number of aromatic nitrogens is 4. The molecule has 3 aromatic rings. The monoisotopic (exact) mass is 377 g/mol. The Hall–Kier alpha value is -3.43. The van der Waals surface area contributed by atoms with Gasteiger partial charge in [0.1, 0.15) is 11.4 Å². The van der Waals surface area contributed by atoms with Gasteiger partial charge in [-0.15, -0.1) is 5.10 Å². The molecule has 0 amide bonds. The van der Waals surface area contributed by atoms with Gasteiger partial charge in [-0.25, -0.2) is 4.68 Å². The van der Waals surface area contributed by atoms with E-state index in [9.17, 15) is 23.1 Å². The molecule has 2 aromatic heterocycles. The number of ether oxygens (including phenoxy) is 1.